The SMILES string of the molecule is CC(C)CCCC1CCC1. The van der Waals surface area contributed by atoms with Gasteiger partial charge in [0.05, 0.1) is 0 Å². The third-order valence-electron chi connectivity index (χ3n) is 2.62. The van der Waals surface area contributed by atoms with Gasteiger partial charge in [-0.25, -0.2) is 0 Å². The lowest BCUT2D eigenvalue weighted by molar-refractivity contribution is 0.282. The molecule has 60 valence electrons. The maximum absolute atomic E-state index is 2.32. The first-order valence-corrected chi connectivity index (χ1v) is 4.79. The van der Waals surface area contributed by atoms with E-state index in [1.54, 1.807) is 0 Å². The maximum atomic E-state index is 2.32. The van der Waals surface area contributed by atoms with Crippen LogP contribution in [0.5, 0.6) is 0 Å². The quantitative estimate of drug-likeness (QED) is 0.559. The highest BCUT2D eigenvalue weighted by molar-refractivity contribution is 4.69. The summed E-state index contributed by atoms with van der Waals surface area (Å²) >= 11 is 0. The number of hydrogen-bond donors (Lipinski definition) is 0. The second-order valence-corrected chi connectivity index (χ2v) is 4.12. The van der Waals surface area contributed by atoms with E-state index in [1.807, 2.05) is 0 Å². The second kappa shape index (κ2) is 4.00. The van der Waals surface area contributed by atoms with E-state index in [2.05, 4.69) is 13.8 Å². The van der Waals surface area contributed by atoms with Gasteiger partial charge in [0.15, 0.2) is 0 Å². The fraction of sp³-hybridized carbons (Fsp3) is 1.00. The number of hydrogen-bond acceptors (Lipinski definition) is 0. The van der Waals surface area contributed by atoms with Crippen LogP contribution in [0.25, 0.3) is 0 Å². The fourth-order valence-electron chi connectivity index (χ4n) is 1.60. The summed E-state index contributed by atoms with van der Waals surface area (Å²) in [6, 6.07) is 0. The molecule has 1 rings (SSSR count). The van der Waals surface area contributed by atoms with Gasteiger partial charge in [-0.1, -0.05) is 52.4 Å². The van der Waals surface area contributed by atoms with Crippen LogP contribution in [0.3, 0.4) is 0 Å². The third kappa shape index (κ3) is 2.72. The van der Waals surface area contributed by atoms with Crippen molar-refractivity contribution in [3.8, 4) is 0 Å². The van der Waals surface area contributed by atoms with Gasteiger partial charge in [0, 0.05) is 0 Å². The van der Waals surface area contributed by atoms with Gasteiger partial charge in [-0.05, 0) is 11.8 Å². The summed E-state index contributed by atoms with van der Waals surface area (Å²) in [7, 11) is 0. The molecule has 0 unspecified atom stereocenters. The Hall–Kier alpha value is 0. The Balaban J connectivity index is 1.85. The van der Waals surface area contributed by atoms with Gasteiger partial charge in [0.25, 0.3) is 0 Å². The van der Waals surface area contributed by atoms with Crippen LogP contribution in [0.1, 0.15) is 52.4 Å². The van der Waals surface area contributed by atoms with E-state index in [1.165, 1.54) is 38.5 Å². The van der Waals surface area contributed by atoms with E-state index < -0.39 is 0 Å². The van der Waals surface area contributed by atoms with E-state index in [0.717, 1.165) is 11.8 Å². The molecule has 0 spiro atoms. The van der Waals surface area contributed by atoms with Crippen LogP contribution >= 0.6 is 0 Å². The highest BCUT2D eigenvalue weighted by atomic mass is 14.2. The predicted octanol–water partition coefficient (Wildman–Crippen LogP) is 3.61. The number of rotatable bonds is 4. The van der Waals surface area contributed by atoms with Crippen LogP contribution in [0, 0.1) is 11.8 Å². The third-order valence-corrected chi connectivity index (χ3v) is 2.62. The molecule has 0 amide bonds. The second-order valence-electron chi connectivity index (χ2n) is 4.12. The minimum absolute atomic E-state index is 0.917. The van der Waals surface area contributed by atoms with E-state index >= 15 is 0 Å². The summed E-state index contributed by atoms with van der Waals surface area (Å²) in [6.45, 7) is 4.64. The zero-order chi connectivity index (χ0) is 7.40. The molecule has 0 aromatic carbocycles. The van der Waals surface area contributed by atoms with Crippen LogP contribution in [-0.4, -0.2) is 0 Å². The molecule has 0 saturated heterocycles. The van der Waals surface area contributed by atoms with Gasteiger partial charge in [-0.15, -0.1) is 0 Å². The summed E-state index contributed by atoms with van der Waals surface area (Å²) in [5.74, 6) is 2.04. The van der Waals surface area contributed by atoms with Gasteiger partial charge in [0.1, 0.15) is 0 Å². The monoisotopic (exact) mass is 140 g/mol. The summed E-state index contributed by atoms with van der Waals surface area (Å²) in [5.41, 5.74) is 0. The Morgan fingerprint density at radius 3 is 2.40 bits per heavy atom. The van der Waals surface area contributed by atoms with Crippen molar-refractivity contribution in [1.82, 2.24) is 0 Å². The van der Waals surface area contributed by atoms with Gasteiger partial charge in [-0.2, -0.15) is 0 Å². The largest absolute Gasteiger partial charge is 0.0628 e. The molecular formula is C10H20. The topological polar surface area (TPSA) is 0 Å². The summed E-state index contributed by atoms with van der Waals surface area (Å²) < 4.78 is 0. The van der Waals surface area contributed by atoms with E-state index in [4.69, 9.17) is 0 Å². The highest BCUT2D eigenvalue weighted by Gasteiger charge is 2.16. The lowest BCUT2D eigenvalue weighted by Gasteiger charge is -2.25. The molecule has 0 N–H and O–H groups in total. The van der Waals surface area contributed by atoms with Crippen molar-refractivity contribution in [2.24, 2.45) is 11.8 Å². The summed E-state index contributed by atoms with van der Waals surface area (Å²) in [5, 5.41) is 0. The van der Waals surface area contributed by atoms with Crippen LogP contribution in [-0.2, 0) is 0 Å². The van der Waals surface area contributed by atoms with Crippen molar-refractivity contribution < 1.29 is 0 Å². The van der Waals surface area contributed by atoms with E-state index in [9.17, 15) is 0 Å². The zero-order valence-electron chi connectivity index (χ0n) is 7.40. The summed E-state index contributed by atoms with van der Waals surface area (Å²) in [4.78, 5) is 0. The molecule has 0 radical (unpaired) electrons. The lowest BCUT2D eigenvalue weighted by Crippen LogP contribution is -2.10. The molecule has 0 heteroatoms. The van der Waals surface area contributed by atoms with Gasteiger partial charge >= 0.3 is 0 Å². The van der Waals surface area contributed by atoms with Crippen molar-refractivity contribution in [2.75, 3.05) is 0 Å². The maximum Gasteiger partial charge on any atom is -0.0414 e. The Bertz CT molecular complexity index is 80.0. The molecular weight excluding hydrogens is 120 g/mol. The van der Waals surface area contributed by atoms with E-state index in [-0.39, 0.29) is 0 Å². The van der Waals surface area contributed by atoms with Crippen LogP contribution in [0.15, 0.2) is 0 Å². The Morgan fingerprint density at radius 1 is 1.30 bits per heavy atom. The molecule has 1 aliphatic rings. The Labute approximate surface area is 65.0 Å². The van der Waals surface area contributed by atoms with Crippen LogP contribution in [0.4, 0.5) is 0 Å². The Morgan fingerprint density at radius 2 is 2.00 bits per heavy atom. The van der Waals surface area contributed by atoms with Crippen LogP contribution < -0.4 is 0 Å². The summed E-state index contributed by atoms with van der Waals surface area (Å²) in [6.07, 6.45) is 8.99. The van der Waals surface area contributed by atoms with Crippen molar-refractivity contribution in [1.29, 1.82) is 0 Å². The van der Waals surface area contributed by atoms with Crippen molar-refractivity contribution >= 4 is 0 Å². The molecule has 1 fully saturated rings. The molecule has 0 nitrogen and oxygen atoms in total. The average Bonchev–Trinajstić information content (AvgIpc) is 1.75. The smallest absolute Gasteiger partial charge is 0.0414 e. The first-order valence-electron chi connectivity index (χ1n) is 4.79. The lowest BCUT2D eigenvalue weighted by atomic mass is 9.81. The minimum Gasteiger partial charge on any atom is -0.0628 e. The highest BCUT2D eigenvalue weighted by Crippen LogP contribution is 2.31. The standard InChI is InChI=1S/C10H20/c1-9(2)5-3-6-10-7-4-8-10/h9-10H,3-8H2,1-2H3. The molecule has 0 heterocycles. The Kier molecular flexibility index (Phi) is 3.24. The normalized spacial score (nSPS) is 19.5. The first kappa shape index (κ1) is 8.10. The molecule has 1 saturated carbocycles. The zero-order valence-corrected chi connectivity index (χ0v) is 7.40. The van der Waals surface area contributed by atoms with Gasteiger partial charge in [0.2, 0.25) is 0 Å². The van der Waals surface area contributed by atoms with Crippen molar-refractivity contribution in [3.05, 3.63) is 0 Å². The molecule has 1 aliphatic carbocycles. The molecule has 0 aromatic heterocycles. The molecule has 0 aliphatic heterocycles. The van der Waals surface area contributed by atoms with Crippen molar-refractivity contribution in [3.63, 3.8) is 0 Å². The molecule has 0 atom stereocenters. The minimum atomic E-state index is 0.917. The van der Waals surface area contributed by atoms with Gasteiger partial charge < -0.3 is 0 Å². The van der Waals surface area contributed by atoms with Crippen molar-refractivity contribution in [2.45, 2.75) is 52.4 Å². The molecule has 0 bridgehead atoms. The van der Waals surface area contributed by atoms with Gasteiger partial charge in [-0.3, -0.25) is 0 Å². The van der Waals surface area contributed by atoms with Crippen LogP contribution in [0.2, 0.25) is 0 Å². The fourth-order valence-corrected chi connectivity index (χ4v) is 1.60. The van der Waals surface area contributed by atoms with E-state index in [0.29, 0.717) is 0 Å². The molecule has 0 aromatic rings. The predicted molar refractivity (Wildman–Crippen MR) is 46.0 cm³/mol. The average molecular weight is 140 g/mol. The first-order chi connectivity index (χ1) is 4.79. The molecule has 10 heavy (non-hydrogen) atoms.